The summed E-state index contributed by atoms with van der Waals surface area (Å²) in [6.45, 7) is 2.69. The maximum absolute atomic E-state index is 12.0. The van der Waals surface area contributed by atoms with Crippen LogP contribution in [0.3, 0.4) is 0 Å². The van der Waals surface area contributed by atoms with Gasteiger partial charge in [0.05, 0.1) is 17.4 Å². The molecule has 0 radical (unpaired) electrons. The van der Waals surface area contributed by atoms with E-state index in [1.807, 2.05) is 18.2 Å². The number of carbonyl (C=O) groups is 1. The molecule has 1 amide bonds. The maximum Gasteiger partial charge on any atom is 0.220 e. The first kappa shape index (κ1) is 15.3. The van der Waals surface area contributed by atoms with Crippen LogP contribution in [-0.4, -0.2) is 15.9 Å². The van der Waals surface area contributed by atoms with Crippen LogP contribution in [0.1, 0.15) is 30.0 Å². The Hall–Kier alpha value is -2.62. The van der Waals surface area contributed by atoms with Crippen LogP contribution in [0, 0.1) is 0 Å². The number of amides is 1. The van der Waals surface area contributed by atoms with Crippen molar-refractivity contribution in [3.05, 3.63) is 65.5 Å². The van der Waals surface area contributed by atoms with Crippen LogP contribution >= 0.6 is 0 Å². The van der Waals surface area contributed by atoms with Crippen LogP contribution in [0.15, 0.2) is 48.8 Å². The van der Waals surface area contributed by atoms with Crippen molar-refractivity contribution in [2.75, 3.05) is 0 Å². The number of rotatable bonds is 6. The smallest absolute Gasteiger partial charge is 0.220 e. The molecule has 23 heavy (non-hydrogen) atoms. The number of aryl methyl sites for hydroxylation is 2. The van der Waals surface area contributed by atoms with Gasteiger partial charge in [-0.2, -0.15) is 0 Å². The number of aromatic nitrogens is 2. The average Bonchev–Trinajstić information content (AvgIpc) is 3.06. The van der Waals surface area contributed by atoms with Crippen LogP contribution in [0.2, 0.25) is 0 Å². The molecule has 3 rings (SSSR count). The number of hydrogen-bond acceptors (Lipinski definition) is 2. The van der Waals surface area contributed by atoms with E-state index in [1.54, 1.807) is 6.33 Å². The van der Waals surface area contributed by atoms with Gasteiger partial charge in [0.1, 0.15) is 0 Å². The maximum atomic E-state index is 12.0. The molecule has 0 saturated carbocycles. The van der Waals surface area contributed by atoms with Crippen LogP contribution in [0.5, 0.6) is 0 Å². The summed E-state index contributed by atoms with van der Waals surface area (Å²) in [6, 6.07) is 14.5. The van der Waals surface area contributed by atoms with Crippen molar-refractivity contribution in [3.63, 3.8) is 0 Å². The Labute approximate surface area is 136 Å². The fourth-order valence-electron chi connectivity index (χ4n) is 2.58. The summed E-state index contributed by atoms with van der Waals surface area (Å²) in [5, 5.41) is 2.98. The third kappa shape index (κ3) is 3.97. The number of imidazole rings is 1. The largest absolute Gasteiger partial charge is 0.352 e. The van der Waals surface area contributed by atoms with Gasteiger partial charge in [0, 0.05) is 13.0 Å². The van der Waals surface area contributed by atoms with Gasteiger partial charge in [-0.15, -0.1) is 0 Å². The lowest BCUT2D eigenvalue weighted by Crippen LogP contribution is -2.22. The second-order valence-electron chi connectivity index (χ2n) is 5.70. The summed E-state index contributed by atoms with van der Waals surface area (Å²) >= 11 is 0. The predicted molar refractivity (Wildman–Crippen MR) is 92.1 cm³/mol. The van der Waals surface area contributed by atoms with Gasteiger partial charge in [-0.25, -0.2) is 4.98 Å². The summed E-state index contributed by atoms with van der Waals surface area (Å²) < 4.78 is 0. The number of carbonyl (C=O) groups excluding carboxylic acids is 1. The molecule has 0 aliphatic heterocycles. The number of H-pyrrole nitrogens is 1. The van der Waals surface area contributed by atoms with Crippen molar-refractivity contribution < 1.29 is 4.79 Å². The highest BCUT2D eigenvalue weighted by molar-refractivity contribution is 5.77. The first-order valence-corrected chi connectivity index (χ1v) is 8.01. The van der Waals surface area contributed by atoms with E-state index in [4.69, 9.17) is 0 Å². The van der Waals surface area contributed by atoms with E-state index in [0.717, 1.165) is 29.4 Å². The molecule has 1 heterocycles. The number of nitrogens with zero attached hydrogens (tertiary/aromatic N) is 1. The normalized spacial score (nSPS) is 10.8. The van der Waals surface area contributed by atoms with Gasteiger partial charge in [0.15, 0.2) is 0 Å². The van der Waals surface area contributed by atoms with Crippen molar-refractivity contribution in [2.45, 2.75) is 32.7 Å². The molecular formula is C19H21N3O. The number of aromatic amines is 1. The lowest BCUT2D eigenvalue weighted by atomic mass is 10.1. The Morgan fingerprint density at radius 1 is 1.09 bits per heavy atom. The zero-order valence-corrected chi connectivity index (χ0v) is 13.3. The molecule has 0 aliphatic carbocycles. The Morgan fingerprint density at radius 2 is 1.83 bits per heavy atom. The summed E-state index contributed by atoms with van der Waals surface area (Å²) in [6.07, 6.45) is 4.01. The molecule has 2 aromatic carbocycles. The number of nitrogens with one attached hydrogen (secondary N) is 2. The van der Waals surface area contributed by atoms with Gasteiger partial charge >= 0.3 is 0 Å². The molecule has 1 aromatic heterocycles. The van der Waals surface area contributed by atoms with Gasteiger partial charge in [-0.1, -0.05) is 37.3 Å². The minimum Gasteiger partial charge on any atom is -0.352 e. The summed E-state index contributed by atoms with van der Waals surface area (Å²) in [5.41, 5.74) is 5.54. The van der Waals surface area contributed by atoms with Gasteiger partial charge in [-0.3, -0.25) is 4.79 Å². The molecule has 4 heteroatoms. The third-order valence-corrected chi connectivity index (χ3v) is 4.05. The molecular weight excluding hydrogens is 286 g/mol. The minimum absolute atomic E-state index is 0.0780. The van der Waals surface area contributed by atoms with E-state index in [2.05, 4.69) is 46.5 Å². The molecule has 0 bridgehead atoms. The zero-order chi connectivity index (χ0) is 16.1. The Balaban J connectivity index is 1.48. The molecule has 0 unspecified atom stereocenters. The zero-order valence-electron chi connectivity index (χ0n) is 13.3. The van der Waals surface area contributed by atoms with Crippen molar-refractivity contribution in [3.8, 4) is 0 Å². The number of fused-ring (bicyclic) bond motifs is 1. The molecule has 118 valence electrons. The first-order valence-electron chi connectivity index (χ1n) is 8.01. The molecule has 0 fully saturated rings. The molecule has 4 nitrogen and oxygen atoms in total. The van der Waals surface area contributed by atoms with E-state index in [-0.39, 0.29) is 5.91 Å². The molecule has 3 aromatic rings. The van der Waals surface area contributed by atoms with Crippen LogP contribution in [0.25, 0.3) is 11.0 Å². The van der Waals surface area contributed by atoms with Crippen molar-refractivity contribution in [1.82, 2.24) is 15.3 Å². The lowest BCUT2D eigenvalue weighted by Gasteiger charge is -2.06. The van der Waals surface area contributed by atoms with E-state index in [0.29, 0.717) is 13.0 Å². The van der Waals surface area contributed by atoms with Crippen molar-refractivity contribution in [1.29, 1.82) is 0 Å². The third-order valence-electron chi connectivity index (χ3n) is 4.05. The monoisotopic (exact) mass is 307 g/mol. The SMILES string of the molecule is CCc1ccc(CCC(=O)NCc2ccc3nc[nH]c3c2)cc1. The van der Waals surface area contributed by atoms with Crippen LogP contribution in [-0.2, 0) is 24.2 Å². The topological polar surface area (TPSA) is 57.8 Å². The fourth-order valence-corrected chi connectivity index (χ4v) is 2.58. The van der Waals surface area contributed by atoms with Crippen molar-refractivity contribution in [2.24, 2.45) is 0 Å². The van der Waals surface area contributed by atoms with E-state index >= 15 is 0 Å². The van der Waals surface area contributed by atoms with Gasteiger partial charge in [-0.05, 0) is 41.7 Å². The standard InChI is InChI=1S/C19H21N3O/c1-2-14-3-5-15(6-4-14)8-10-19(23)20-12-16-7-9-17-18(11-16)22-13-21-17/h3-7,9,11,13H,2,8,10,12H2,1H3,(H,20,23)(H,21,22). The van der Waals surface area contributed by atoms with Gasteiger partial charge in [0.25, 0.3) is 0 Å². The molecule has 2 N–H and O–H groups in total. The van der Waals surface area contributed by atoms with Crippen LogP contribution < -0.4 is 5.32 Å². The minimum atomic E-state index is 0.0780. The first-order chi connectivity index (χ1) is 11.2. The van der Waals surface area contributed by atoms with E-state index in [9.17, 15) is 4.79 Å². The molecule has 0 atom stereocenters. The Kier molecular flexibility index (Phi) is 4.71. The summed E-state index contributed by atoms with van der Waals surface area (Å²) in [7, 11) is 0. The lowest BCUT2D eigenvalue weighted by molar-refractivity contribution is -0.121. The van der Waals surface area contributed by atoms with Gasteiger partial charge < -0.3 is 10.3 Å². The second kappa shape index (κ2) is 7.09. The Morgan fingerprint density at radius 3 is 2.61 bits per heavy atom. The number of hydrogen-bond donors (Lipinski definition) is 2. The van der Waals surface area contributed by atoms with Crippen LogP contribution in [0.4, 0.5) is 0 Å². The van der Waals surface area contributed by atoms with E-state index < -0.39 is 0 Å². The predicted octanol–water partition coefficient (Wildman–Crippen LogP) is 3.37. The number of benzene rings is 2. The Bertz CT molecular complexity index is 790. The second-order valence-corrected chi connectivity index (χ2v) is 5.70. The molecule has 0 aliphatic rings. The van der Waals surface area contributed by atoms with Gasteiger partial charge in [0.2, 0.25) is 5.91 Å². The molecule has 0 saturated heterocycles. The summed E-state index contributed by atoms with van der Waals surface area (Å²) in [4.78, 5) is 19.3. The summed E-state index contributed by atoms with van der Waals surface area (Å²) in [5.74, 6) is 0.0780. The highest BCUT2D eigenvalue weighted by atomic mass is 16.1. The van der Waals surface area contributed by atoms with Crippen molar-refractivity contribution >= 4 is 16.9 Å². The fraction of sp³-hybridized carbons (Fsp3) is 0.263. The average molecular weight is 307 g/mol. The highest BCUT2D eigenvalue weighted by Crippen LogP contribution is 2.11. The molecule has 0 spiro atoms. The quantitative estimate of drug-likeness (QED) is 0.733. The van der Waals surface area contributed by atoms with E-state index in [1.165, 1.54) is 11.1 Å². The highest BCUT2D eigenvalue weighted by Gasteiger charge is 2.04.